The zero-order valence-corrected chi connectivity index (χ0v) is 12.1. The number of carbonyl (C=O) groups excluding carboxylic acids is 1. The quantitative estimate of drug-likeness (QED) is 0.648. The Labute approximate surface area is 124 Å². The highest BCUT2D eigenvalue weighted by Gasteiger charge is 2.20. The van der Waals surface area contributed by atoms with Gasteiger partial charge in [-0.3, -0.25) is 4.79 Å². The Morgan fingerprint density at radius 3 is 2.81 bits per heavy atom. The van der Waals surface area contributed by atoms with E-state index < -0.39 is 11.7 Å². The fourth-order valence-electron chi connectivity index (χ4n) is 2.27. The van der Waals surface area contributed by atoms with Crippen molar-refractivity contribution >= 4 is 28.6 Å². The third-order valence-electron chi connectivity index (χ3n) is 3.31. The van der Waals surface area contributed by atoms with Crippen LogP contribution in [0.1, 0.15) is 21.5 Å². The lowest BCUT2D eigenvalue weighted by Gasteiger charge is -2.06. The molecule has 0 aliphatic rings. The van der Waals surface area contributed by atoms with E-state index in [0.717, 1.165) is 10.1 Å². The number of rotatable bonds is 1. The highest BCUT2D eigenvalue weighted by atomic mass is 35.5. The van der Waals surface area contributed by atoms with Crippen molar-refractivity contribution in [1.29, 1.82) is 0 Å². The number of fused-ring (bicyclic) bond motifs is 1. The molecule has 0 N–H and O–H groups in total. The summed E-state index contributed by atoms with van der Waals surface area (Å²) in [7, 11) is 0. The van der Waals surface area contributed by atoms with Gasteiger partial charge in [0.2, 0.25) is 0 Å². The van der Waals surface area contributed by atoms with E-state index in [0.29, 0.717) is 22.2 Å². The number of para-hydroxylation sites is 1. The third-order valence-corrected chi connectivity index (χ3v) is 3.51. The Hall–Kier alpha value is -2.40. The topological polar surface area (TPSA) is 65.1 Å². The van der Waals surface area contributed by atoms with Gasteiger partial charge in [0.05, 0.1) is 0 Å². The van der Waals surface area contributed by atoms with Crippen molar-refractivity contribution in [1.82, 2.24) is 9.55 Å². The second kappa shape index (κ2) is 4.86. The summed E-state index contributed by atoms with van der Waals surface area (Å²) >= 11 is 5.84. The Balaban J connectivity index is 2.30. The molecule has 0 atom stereocenters. The molecule has 0 radical (unpaired) electrons. The summed E-state index contributed by atoms with van der Waals surface area (Å²) in [6, 6.07) is 6.68. The second-order valence-electron chi connectivity index (χ2n) is 4.75. The Morgan fingerprint density at radius 2 is 2.05 bits per heavy atom. The molecule has 3 rings (SSSR count). The van der Waals surface area contributed by atoms with E-state index in [4.69, 9.17) is 16.0 Å². The summed E-state index contributed by atoms with van der Waals surface area (Å²) in [6.07, 6.45) is 1.50. The van der Waals surface area contributed by atoms with E-state index in [9.17, 15) is 9.59 Å². The summed E-state index contributed by atoms with van der Waals surface area (Å²) in [6.45, 7) is 3.55. The predicted molar refractivity (Wildman–Crippen MR) is 78.9 cm³/mol. The van der Waals surface area contributed by atoms with Crippen LogP contribution in [0.5, 0.6) is 0 Å². The van der Waals surface area contributed by atoms with E-state index in [2.05, 4.69) is 4.98 Å². The molecule has 2 aromatic heterocycles. The van der Waals surface area contributed by atoms with Crippen molar-refractivity contribution in [2.45, 2.75) is 13.8 Å². The monoisotopic (exact) mass is 302 g/mol. The molecule has 0 aliphatic carbocycles. The first-order valence-electron chi connectivity index (χ1n) is 6.27. The van der Waals surface area contributed by atoms with Gasteiger partial charge in [-0.1, -0.05) is 23.7 Å². The minimum Gasteiger partial charge on any atom is -0.407 e. The van der Waals surface area contributed by atoms with Crippen molar-refractivity contribution in [3.8, 4) is 0 Å². The molecule has 106 valence electrons. The van der Waals surface area contributed by atoms with E-state index in [1.807, 2.05) is 13.0 Å². The Kier molecular flexibility index (Phi) is 3.14. The maximum Gasteiger partial charge on any atom is 0.427 e. The van der Waals surface area contributed by atoms with Crippen LogP contribution in [0.15, 0.2) is 39.7 Å². The number of halogens is 1. The minimum absolute atomic E-state index is 0.196. The molecule has 0 unspecified atom stereocenters. The number of aromatic nitrogens is 2. The number of hydrogen-bond acceptors (Lipinski definition) is 4. The molecule has 2 heterocycles. The van der Waals surface area contributed by atoms with E-state index in [-0.39, 0.29) is 5.15 Å². The molecule has 5 nitrogen and oxygen atoms in total. The van der Waals surface area contributed by atoms with Gasteiger partial charge in [0.15, 0.2) is 5.58 Å². The molecule has 1 aromatic carbocycles. The smallest absolute Gasteiger partial charge is 0.407 e. The van der Waals surface area contributed by atoms with E-state index in [1.165, 1.54) is 12.3 Å². The summed E-state index contributed by atoms with van der Waals surface area (Å²) in [5.41, 5.74) is 2.60. The van der Waals surface area contributed by atoms with Gasteiger partial charge in [-0.2, -0.15) is 0 Å². The molecule has 0 saturated heterocycles. The van der Waals surface area contributed by atoms with E-state index >= 15 is 0 Å². The molecule has 0 bridgehead atoms. The molecule has 0 saturated carbocycles. The summed E-state index contributed by atoms with van der Waals surface area (Å²) in [5, 5.41) is 0.196. The van der Waals surface area contributed by atoms with Gasteiger partial charge in [0, 0.05) is 11.8 Å². The molecule has 0 fully saturated rings. The Bertz CT molecular complexity index is 924. The van der Waals surface area contributed by atoms with Crippen LogP contribution in [0.4, 0.5) is 0 Å². The average molecular weight is 303 g/mol. The highest BCUT2D eigenvalue weighted by Crippen LogP contribution is 2.20. The largest absolute Gasteiger partial charge is 0.427 e. The van der Waals surface area contributed by atoms with Gasteiger partial charge >= 0.3 is 5.76 Å². The van der Waals surface area contributed by atoms with Gasteiger partial charge in [0.25, 0.3) is 5.91 Å². The van der Waals surface area contributed by atoms with Crippen molar-refractivity contribution in [2.24, 2.45) is 0 Å². The number of hydrogen-bond donors (Lipinski definition) is 0. The average Bonchev–Trinajstić information content (AvgIpc) is 2.78. The number of pyridine rings is 1. The third kappa shape index (κ3) is 2.15. The van der Waals surface area contributed by atoms with Gasteiger partial charge in [-0.25, -0.2) is 14.3 Å². The number of nitrogens with zero attached hydrogens (tertiary/aromatic N) is 2. The number of aryl methyl sites for hydroxylation is 2. The van der Waals surface area contributed by atoms with Crippen LogP contribution < -0.4 is 5.76 Å². The van der Waals surface area contributed by atoms with E-state index in [1.54, 1.807) is 19.1 Å². The lowest BCUT2D eigenvalue weighted by atomic mass is 10.1. The lowest BCUT2D eigenvalue weighted by molar-refractivity contribution is 0.0955. The standard InChI is InChI=1S/C15H11ClN2O3/c1-8-4-3-5-11-13(8)18(15(20)21-11)14(19)10-6-12(16)17-7-9(10)2/h3-7H,1-2H3. The molecular formula is C15H11ClN2O3. The van der Waals surface area contributed by atoms with Gasteiger partial charge in [-0.05, 0) is 37.1 Å². The first-order chi connectivity index (χ1) is 9.99. The zero-order chi connectivity index (χ0) is 15.1. The molecule has 21 heavy (non-hydrogen) atoms. The fourth-order valence-corrected chi connectivity index (χ4v) is 2.42. The van der Waals surface area contributed by atoms with Crippen LogP contribution in [0, 0.1) is 13.8 Å². The second-order valence-corrected chi connectivity index (χ2v) is 5.14. The number of carbonyl (C=O) groups is 1. The van der Waals surface area contributed by atoms with Crippen LogP contribution in [-0.2, 0) is 0 Å². The fraction of sp³-hybridized carbons (Fsp3) is 0.133. The maximum atomic E-state index is 12.7. The number of benzene rings is 1. The van der Waals surface area contributed by atoms with Crippen molar-refractivity contribution in [3.63, 3.8) is 0 Å². The van der Waals surface area contributed by atoms with Crippen LogP contribution in [0.3, 0.4) is 0 Å². The van der Waals surface area contributed by atoms with Gasteiger partial charge < -0.3 is 4.42 Å². The first kappa shape index (κ1) is 13.6. The SMILES string of the molecule is Cc1cnc(Cl)cc1C(=O)n1c(=O)oc2cccc(C)c21. The Morgan fingerprint density at radius 1 is 1.29 bits per heavy atom. The highest BCUT2D eigenvalue weighted by molar-refractivity contribution is 6.29. The van der Waals surface area contributed by atoms with Crippen molar-refractivity contribution in [2.75, 3.05) is 0 Å². The normalized spacial score (nSPS) is 11.0. The van der Waals surface area contributed by atoms with Gasteiger partial charge in [0.1, 0.15) is 10.7 Å². The summed E-state index contributed by atoms with van der Waals surface area (Å²) in [5.74, 6) is -1.19. The van der Waals surface area contributed by atoms with Crippen LogP contribution in [0.2, 0.25) is 5.15 Å². The molecule has 0 amide bonds. The number of oxazole rings is 1. The molecule has 3 aromatic rings. The van der Waals surface area contributed by atoms with Gasteiger partial charge in [-0.15, -0.1) is 0 Å². The van der Waals surface area contributed by atoms with Crippen molar-refractivity contribution < 1.29 is 9.21 Å². The molecule has 6 heteroatoms. The zero-order valence-electron chi connectivity index (χ0n) is 11.4. The van der Waals surface area contributed by atoms with Crippen LogP contribution >= 0.6 is 11.6 Å². The summed E-state index contributed by atoms with van der Waals surface area (Å²) in [4.78, 5) is 28.6. The maximum absolute atomic E-state index is 12.7. The molecular weight excluding hydrogens is 292 g/mol. The summed E-state index contributed by atoms with van der Waals surface area (Å²) < 4.78 is 6.16. The first-order valence-corrected chi connectivity index (χ1v) is 6.65. The lowest BCUT2D eigenvalue weighted by Crippen LogP contribution is -2.24. The minimum atomic E-state index is -0.711. The molecule has 0 spiro atoms. The van der Waals surface area contributed by atoms with Crippen molar-refractivity contribution in [3.05, 3.63) is 62.9 Å². The predicted octanol–water partition coefficient (Wildman–Crippen LogP) is 2.95. The van der Waals surface area contributed by atoms with Crippen LogP contribution in [0.25, 0.3) is 11.1 Å². The van der Waals surface area contributed by atoms with Crippen LogP contribution in [-0.4, -0.2) is 15.5 Å². The molecule has 0 aliphatic heterocycles.